The highest BCUT2D eigenvalue weighted by molar-refractivity contribution is 6.30. The maximum atomic E-state index is 9.12. The second-order valence-corrected chi connectivity index (χ2v) is 15.5. The molecule has 0 aliphatic carbocycles. The van der Waals surface area contributed by atoms with Crippen molar-refractivity contribution < 1.29 is 0 Å². The van der Waals surface area contributed by atoms with Crippen LogP contribution in [0.5, 0.6) is 0 Å². The van der Waals surface area contributed by atoms with Crippen molar-refractivity contribution in [2.75, 3.05) is 0 Å². The Morgan fingerprint density at radius 3 is 1.50 bits per heavy atom. The third-order valence-corrected chi connectivity index (χ3v) is 11.9. The number of fused-ring (bicyclic) bond motifs is 8. The van der Waals surface area contributed by atoms with Crippen molar-refractivity contribution in [2.24, 2.45) is 4.99 Å². The Hall–Kier alpha value is -7.94. The first-order valence-electron chi connectivity index (χ1n) is 20.4. The highest BCUT2D eigenvalue weighted by Gasteiger charge is 2.16. The quantitative estimate of drug-likeness (QED) is 0.0758. The van der Waals surface area contributed by atoms with Crippen molar-refractivity contribution in [2.45, 2.75) is 0 Å². The predicted octanol–water partition coefficient (Wildman–Crippen LogP) is 15.5. The summed E-state index contributed by atoms with van der Waals surface area (Å²) in [6.45, 7) is 0. The molecule has 1 N–H and O–H groups in total. The molecular weight excluding hydrogens is 725 g/mol. The van der Waals surface area contributed by atoms with Crippen molar-refractivity contribution >= 4 is 82.3 Å². The number of nitrogens with zero attached hydrogens (tertiary/aromatic N) is 1. The van der Waals surface area contributed by atoms with Gasteiger partial charge in [0.1, 0.15) is 0 Å². The number of allylic oxidation sites excluding steroid dienone is 1. The normalized spacial score (nSPS) is 12.1. The van der Waals surface area contributed by atoms with Crippen LogP contribution in [0.25, 0.3) is 93.0 Å². The average molecular weight is 763 g/mol. The van der Waals surface area contributed by atoms with Gasteiger partial charge in [0.25, 0.3) is 0 Å². The van der Waals surface area contributed by atoms with Crippen LogP contribution in [0.3, 0.4) is 0 Å². The van der Waals surface area contributed by atoms with E-state index in [1.807, 2.05) is 30.3 Å². The first kappa shape index (κ1) is 35.2. The van der Waals surface area contributed by atoms with Crippen molar-refractivity contribution in [3.63, 3.8) is 0 Å². The maximum absolute atomic E-state index is 9.12. The van der Waals surface area contributed by atoms with Gasteiger partial charge in [0.2, 0.25) is 0 Å². The van der Waals surface area contributed by atoms with Crippen molar-refractivity contribution in [3.8, 4) is 22.3 Å². The van der Waals surface area contributed by atoms with Crippen LogP contribution in [0.2, 0.25) is 0 Å². The van der Waals surface area contributed by atoms with Crippen LogP contribution in [0, 0.1) is 5.41 Å². The summed E-state index contributed by atoms with van der Waals surface area (Å²) in [4.78, 5) is 5.08. The molecule has 0 saturated carbocycles. The standard InChI is InChI=1S/C58H38N2/c59-58(44-14-2-1-3-15-44)60-55(57-50-21-11-7-17-46(50)37-54-48-19-9-5-13-42(48)32-34-52(54)57)35-24-38-22-25-39(26-23-38)40-27-29-43(30-28-40)56-49-20-10-6-16-45(49)36-53-47-18-8-4-12-41(47)31-33-51(53)56/h1-37,59H/b35-24+,59-58?,60-55?. The Kier molecular flexibility index (Phi) is 8.68. The first-order valence-corrected chi connectivity index (χ1v) is 20.4. The molecule has 0 atom stereocenters. The van der Waals surface area contributed by atoms with Gasteiger partial charge >= 0.3 is 0 Å². The Bertz CT molecular complexity index is 3520. The zero-order chi connectivity index (χ0) is 40.0. The third-order valence-electron chi connectivity index (χ3n) is 11.9. The molecule has 2 heteroatoms. The van der Waals surface area contributed by atoms with E-state index >= 15 is 0 Å². The zero-order valence-corrected chi connectivity index (χ0v) is 32.8. The minimum Gasteiger partial charge on any atom is -0.282 e. The molecular formula is C58H38N2. The molecule has 0 radical (unpaired) electrons. The number of hydrogen-bond donors (Lipinski definition) is 1. The number of aliphatic imine (C=N–C) groups is 1. The molecule has 2 nitrogen and oxygen atoms in total. The summed E-state index contributed by atoms with van der Waals surface area (Å²) < 4.78 is 0. The summed E-state index contributed by atoms with van der Waals surface area (Å²) in [5, 5.41) is 23.6. The van der Waals surface area contributed by atoms with Crippen LogP contribution in [-0.2, 0) is 0 Å². The Balaban J connectivity index is 0.970. The summed E-state index contributed by atoms with van der Waals surface area (Å²) in [5.74, 6) is 0.223. The van der Waals surface area contributed by atoms with Crippen LogP contribution in [0.15, 0.2) is 223 Å². The fraction of sp³-hybridized carbons (Fsp3) is 0. The number of benzene rings is 11. The van der Waals surface area contributed by atoms with Crippen LogP contribution in [-0.4, -0.2) is 11.5 Å². The van der Waals surface area contributed by atoms with Crippen LogP contribution in [0.4, 0.5) is 0 Å². The van der Waals surface area contributed by atoms with Gasteiger partial charge in [-0.05, 0) is 111 Å². The van der Waals surface area contributed by atoms with Crippen molar-refractivity contribution in [3.05, 3.63) is 235 Å². The molecule has 280 valence electrons. The zero-order valence-electron chi connectivity index (χ0n) is 32.8. The molecule has 0 heterocycles. The SMILES string of the molecule is N=C(N=C(/C=C/c1ccc(-c2ccc(-c3c4ccccc4cc4c3ccc3ccccc34)cc2)cc1)c1c2ccccc2cc2c1ccc1ccccc12)c1ccccc1. The number of hydrogen-bond acceptors (Lipinski definition) is 1. The molecule has 0 aliphatic heterocycles. The molecule has 0 spiro atoms. The second-order valence-electron chi connectivity index (χ2n) is 15.5. The van der Waals surface area contributed by atoms with Crippen LogP contribution in [0.1, 0.15) is 16.7 Å². The largest absolute Gasteiger partial charge is 0.282 e. The summed E-state index contributed by atoms with van der Waals surface area (Å²) in [6, 6.07) is 75.5. The Morgan fingerprint density at radius 2 is 0.850 bits per heavy atom. The highest BCUT2D eigenvalue weighted by atomic mass is 14.8. The van der Waals surface area contributed by atoms with Gasteiger partial charge in [0, 0.05) is 11.1 Å². The topological polar surface area (TPSA) is 36.2 Å². The van der Waals surface area contributed by atoms with Gasteiger partial charge in [0.15, 0.2) is 5.84 Å². The van der Waals surface area contributed by atoms with Crippen LogP contribution >= 0.6 is 0 Å². The van der Waals surface area contributed by atoms with E-state index in [1.165, 1.54) is 59.6 Å². The van der Waals surface area contributed by atoms with E-state index in [1.54, 1.807) is 0 Å². The van der Waals surface area contributed by atoms with Gasteiger partial charge < -0.3 is 0 Å². The molecule has 0 aliphatic rings. The number of amidine groups is 1. The first-order chi connectivity index (χ1) is 29.7. The minimum absolute atomic E-state index is 0.223. The van der Waals surface area contributed by atoms with Gasteiger partial charge in [0.05, 0.1) is 5.71 Å². The average Bonchev–Trinajstić information content (AvgIpc) is 3.32. The summed E-state index contributed by atoms with van der Waals surface area (Å²) in [7, 11) is 0. The minimum atomic E-state index is 0.223. The van der Waals surface area contributed by atoms with E-state index in [2.05, 4.69) is 194 Å². The Labute approximate surface area is 348 Å². The molecule has 11 aromatic carbocycles. The lowest BCUT2D eigenvalue weighted by atomic mass is 9.89. The molecule has 0 aromatic heterocycles. The lowest BCUT2D eigenvalue weighted by Gasteiger charge is -2.15. The molecule has 0 bridgehead atoms. The lowest BCUT2D eigenvalue weighted by Crippen LogP contribution is -2.05. The van der Waals surface area contributed by atoms with E-state index in [9.17, 15) is 0 Å². The van der Waals surface area contributed by atoms with Gasteiger partial charge in [-0.3, -0.25) is 5.41 Å². The van der Waals surface area contributed by atoms with Crippen molar-refractivity contribution in [1.29, 1.82) is 5.41 Å². The van der Waals surface area contributed by atoms with Gasteiger partial charge in [-0.15, -0.1) is 0 Å². The van der Waals surface area contributed by atoms with Crippen molar-refractivity contribution in [1.82, 2.24) is 0 Å². The Morgan fingerprint density at radius 1 is 0.367 bits per heavy atom. The lowest BCUT2D eigenvalue weighted by molar-refractivity contribution is 1.42. The smallest absolute Gasteiger partial charge is 0.152 e. The predicted molar refractivity (Wildman–Crippen MR) is 258 cm³/mol. The molecule has 0 unspecified atom stereocenters. The molecule has 60 heavy (non-hydrogen) atoms. The fourth-order valence-electron chi connectivity index (χ4n) is 8.98. The van der Waals surface area contributed by atoms with E-state index in [-0.39, 0.29) is 5.84 Å². The summed E-state index contributed by atoms with van der Waals surface area (Å²) in [6.07, 6.45) is 4.20. The van der Waals surface area contributed by atoms with E-state index in [0.29, 0.717) is 0 Å². The maximum Gasteiger partial charge on any atom is 0.152 e. The third kappa shape index (κ3) is 6.23. The number of nitrogens with one attached hydrogen (secondary N) is 1. The second kappa shape index (κ2) is 14.8. The summed E-state index contributed by atoms with van der Waals surface area (Å²) in [5.41, 5.74) is 8.39. The molecule has 0 fully saturated rings. The van der Waals surface area contributed by atoms with Gasteiger partial charge in [-0.2, -0.15) is 0 Å². The molecule has 11 rings (SSSR count). The fourth-order valence-corrected chi connectivity index (χ4v) is 8.98. The number of rotatable bonds is 6. The van der Waals surface area contributed by atoms with E-state index in [4.69, 9.17) is 10.4 Å². The molecule has 11 aromatic rings. The summed E-state index contributed by atoms with van der Waals surface area (Å²) >= 11 is 0. The highest BCUT2D eigenvalue weighted by Crippen LogP contribution is 2.40. The monoisotopic (exact) mass is 762 g/mol. The van der Waals surface area contributed by atoms with Crippen LogP contribution < -0.4 is 0 Å². The van der Waals surface area contributed by atoms with Gasteiger partial charge in [-0.1, -0.05) is 206 Å². The van der Waals surface area contributed by atoms with Gasteiger partial charge in [-0.25, -0.2) is 4.99 Å². The molecule has 0 amide bonds. The molecule has 0 saturated heterocycles. The van der Waals surface area contributed by atoms with E-state index < -0.39 is 0 Å². The van der Waals surface area contributed by atoms with E-state index in [0.717, 1.165) is 49.7 Å².